The minimum atomic E-state index is -1.31. The smallest absolute Gasteiger partial charge is 0.326 e. The predicted molar refractivity (Wildman–Crippen MR) is 89.0 cm³/mol. The van der Waals surface area contributed by atoms with E-state index in [1.54, 1.807) is 0 Å². The summed E-state index contributed by atoms with van der Waals surface area (Å²) in [7, 11) is 0. The molecule has 0 aromatic heterocycles. The summed E-state index contributed by atoms with van der Waals surface area (Å²) in [6.07, 6.45) is -1.23. The van der Waals surface area contributed by atoms with Gasteiger partial charge in [-0.1, -0.05) is 13.8 Å². The molecule has 0 bridgehead atoms. The van der Waals surface area contributed by atoms with Crippen molar-refractivity contribution in [1.82, 2.24) is 10.6 Å². The van der Waals surface area contributed by atoms with E-state index in [-0.39, 0.29) is 25.2 Å². The lowest BCUT2D eigenvalue weighted by atomic mass is 10.0. The standard InChI is InChI=1S/C15H28N4O6/c1-7(2)6-10(19-14(23)12(17)8(3)20)13(22)18-9(15(24)25)4-5-11(16)21/h7-10,12,20H,4-6,17H2,1-3H3,(H2,16,21)(H,18,22)(H,19,23)(H,24,25). The summed E-state index contributed by atoms with van der Waals surface area (Å²) in [5, 5.41) is 23.2. The zero-order chi connectivity index (χ0) is 19.7. The number of nitrogens with two attached hydrogens (primary N) is 2. The summed E-state index contributed by atoms with van der Waals surface area (Å²) in [4.78, 5) is 46.3. The van der Waals surface area contributed by atoms with Gasteiger partial charge in [0.2, 0.25) is 17.7 Å². The van der Waals surface area contributed by atoms with Gasteiger partial charge in [0.15, 0.2) is 0 Å². The Kier molecular flexibility index (Phi) is 9.69. The number of primary amides is 1. The number of nitrogens with one attached hydrogen (secondary N) is 2. The van der Waals surface area contributed by atoms with Gasteiger partial charge in [0.1, 0.15) is 18.1 Å². The Morgan fingerprint density at radius 1 is 1.00 bits per heavy atom. The van der Waals surface area contributed by atoms with Crippen LogP contribution in [0.25, 0.3) is 0 Å². The van der Waals surface area contributed by atoms with E-state index in [4.69, 9.17) is 16.6 Å². The van der Waals surface area contributed by atoms with E-state index in [0.717, 1.165) is 0 Å². The highest BCUT2D eigenvalue weighted by Gasteiger charge is 2.29. The summed E-state index contributed by atoms with van der Waals surface area (Å²) in [6.45, 7) is 4.98. The Morgan fingerprint density at radius 3 is 1.92 bits per heavy atom. The van der Waals surface area contributed by atoms with Crippen molar-refractivity contribution in [2.75, 3.05) is 0 Å². The third kappa shape index (κ3) is 9.01. The minimum absolute atomic E-state index is 0.0210. The van der Waals surface area contributed by atoms with E-state index in [0.29, 0.717) is 0 Å². The highest BCUT2D eigenvalue weighted by molar-refractivity contribution is 5.92. The molecular formula is C15H28N4O6. The average Bonchev–Trinajstić information content (AvgIpc) is 2.48. The van der Waals surface area contributed by atoms with Crippen molar-refractivity contribution >= 4 is 23.7 Å². The Labute approximate surface area is 146 Å². The molecule has 0 rings (SSSR count). The van der Waals surface area contributed by atoms with Crippen molar-refractivity contribution in [2.45, 2.75) is 64.3 Å². The van der Waals surface area contributed by atoms with Gasteiger partial charge in [0, 0.05) is 6.42 Å². The third-order valence-electron chi connectivity index (χ3n) is 3.46. The first-order chi connectivity index (χ1) is 11.5. The van der Waals surface area contributed by atoms with Crippen molar-refractivity contribution < 1.29 is 29.4 Å². The van der Waals surface area contributed by atoms with Gasteiger partial charge < -0.3 is 32.3 Å². The second-order valence-electron chi connectivity index (χ2n) is 6.36. The predicted octanol–water partition coefficient (Wildman–Crippen LogP) is -1.94. The normalized spacial score (nSPS) is 15.8. The summed E-state index contributed by atoms with van der Waals surface area (Å²) in [5.41, 5.74) is 10.5. The van der Waals surface area contributed by atoms with Gasteiger partial charge in [-0.3, -0.25) is 14.4 Å². The number of carbonyl (C=O) groups is 4. The number of amides is 3. The molecular weight excluding hydrogens is 332 g/mol. The van der Waals surface area contributed by atoms with Gasteiger partial charge >= 0.3 is 5.97 Å². The van der Waals surface area contributed by atoms with Gasteiger partial charge in [0.25, 0.3) is 0 Å². The molecule has 4 unspecified atom stereocenters. The van der Waals surface area contributed by atoms with E-state index >= 15 is 0 Å². The summed E-state index contributed by atoms with van der Waals surface area (Å²) >= 11 is 0. The molecule has 0 aliphatic rings. The van der Waals surface area contributed by atoms with Gasteiger partial charge in [-0.2, -0.15) is 0 Å². The van der Waals surface area contributed by atoms with Gasteiger partial charge in [-0.25, -0.2) is 4.79 Å². The molecule has 0 heterocycles. The van der Waals surface area contributed by atoms with Crippen LogP contribution in [0.1, 0.15) is 40.0 Å². The maximum Gasteiger partial charge on any atom is 0.326 e. The monoisotopic (exact) mass is 360 g/mol. The molecule has 0 spiro atoms. The van der Waals surface area contributed by atoms with Crippen LogP contribution < -0.4 is 22.1 Å². The number of carbonyl (C=O) groups excluding carboxylic acids is 3. The molecule has 8 N–H and O–H groups in total. The van der Waals surface area contributed by atoms with Crippen LogP contribution in [0, 0.1) is 5.92 Å². The summed E-state index contributed by atoms with van der Waals surface area (Å²) in [6, 6.07) is -3.54. The number of carboxylic acids is 1. The van der Waals surface area contributed by atoms with Crippen LogP contribution in [0.2, 0.25) is 0 Å². The third-order valence-corrected chi connectivity index (χ3v) is 3.46. The van der Waals surface area contributed by atoms with Crippen LogP contribution >= 0.6 is 0 Å². The van der Waals surface area contributed by atoms with Crippen molar-refractivity contribution in [3.63, 3.8) is 0 Å². The van der Waals surface area contributed by atoms with E-state index in [1.165, 1.54) is 6.92 Å². The van der Waals surface area contributed by atoms with Crippen LogP contribution in [-0.4, -0.2) is 58.1 Å². The molecule has 0 aliphatic carbocycles. The molecule has 25 heavy (non-hydrogen) atoms. The van der Waals surface area contributed by atoms with Crippen molar-refractivity contribution in [3.05, 3.63) is 0 Å². The lowest BCUT2D eigenvalue weighted by molar-refractivity contribution is -0.142. The van der Waals surface area contributed by atoms with E-state index in [2.05, 4.69) is 10.6 Å². The first-order valence-corrected chi connectivity index (χ1v) is 8.01. The molecule has 0 aromatic carbocycles. The largest absolute Gasteiger partial charge is 0.480 e. The average molecular weight is 360 g/mol. The van der Waals surface area contributed by atoms with Gasteiger partial charge in [-0.15, -0.1) is 0 Å². The number of aliphatic hydroxyl groups is 1. The highest BCUT2D eigenvalue weighted by Crippen LogP contribution is 2.07. The van der Waals surface area contributed by atoms with Crippen LogP contribution in [0.3, 0.4) is 0 Å². The number of aliphatic carboxylic acids is 1. The molecule has 0 aromatic rings. The number of carboxylic acid groups (broad SMARTS) is 1. The van der Waals surface area contributed by atoms with Crippen molar-refractivity contribution in [1.29, 1.82) is 0 Å². The molecule has 0 radical (unpaired) electrons. The molecule has 10 heteroatoms. The lowest BCUT2D eigenvalue weighted by Gasteiger charge is -2.24. The fourth-order valence-electron chi connectivity index (χ4n) is 2.01. The van der Waals surface area contributed by atoms with Crippen molar-refractivity contribution in [3.8, 4) is 0 Å². The fourth-order valence-corrected chi connectivity index (χ4v) is 2.01. The Morgan fingerprint density at radius 2 is 1.52 bits per heavy atom. The SMILES string of the molecule is CC(C)CC(NC(=O)C(N)C(C)O)C(=O)NC(CCC(N)=O)C(=O)O. The number of hydrogen-bond acceptors (Lipinski definition) is 6. The zero-order valence-corrected chi connectivity index (χ0v) is 14.7. The Hall–Kier alpha value is -2.20. The van der Waals surface area contributed by atoms with E-state index in [9.17, 15) is 24.3 Å². The second kappa shape index (κ2) is 10.6. The Balaban J connectivity index is 5.05. The quantitative estimate of drug-likeness (QED) is 0.247. The molecule has 4 atom stereocenters. The highest BCUT2D eigenvalue weighted by atomic mass is 16.4. The fraction of sp³-hybridized carbons (Fsp3) is 0.733. The second-order valence-corrected chi connectivity index (χ2v) is 6.36. The van der Waals surface area contributed by atoms with Crippen LogP contribution in [0.15, 0.2) is 0 Å². The maximum absolute atomic E-state index is 12.4. The minimum Gasteiger partial charge on any atom is -0.480 e. The van der Waals surface area contributed by atoms with Crippen molar-refractivity contribution in [2.24, 2.45) is 17.4 Å². The number of aliphatic hydroxyl groups excluding tert-OH is 1. The Bertz CT molecular complexity index is 494. The molecule has 0 fully saturated rings. The molecule has 0 saturated carbocycles. The summed E-state index contributed by atoms with van der Waals surface area (Å²) in [5.74, 6) is -3.41. The first kappa shape index (κ1) is 22.8. The van der Waals surface area contributed by atoms with Gasteiger partial charge in [-0.05, 0) is 25.7 Å². The van der Waals surface area contributed by atoms with E-state index < -0.39 is 47.9 Å². The topological polar surface area (TPSA) is 185 Å². The zero-order valence-electron chi connectivity index (χ0n) is 14.7. The summed E-state index contributed by atoms with van der Waals surface area (Å²) < 4.78 is 0. The maximum atomic E-state index is 12.4. The van der Waals surface area contributed by atoms with Crippen LogP contribution in [0.4, 0.5) is 0 Å². The lowest BCUT2D eigenvalue weighted by Crippen LogP contribution is -2.56. The van der Waals surface area contributed by atoms with Gasteiger partial charge in [0.05, 0.1) is 6.10 Å². The molecule has 144 valence electrons. The van der Waals surface area contributed by atoms with Crippen LogP contribution in [0.5, 0.6) is 0 Å². The number of rotatable bonds is 11. The molecule has 0 aliphatic heterocycles. The molecule has 3 amide bonds. The van der Waals surface area contributed by atoms with E-state index in [1.807, 2.05) is 13.8 Å². The molecule has 10 nitrogen and oxygen atoms in total. The van der Waals surface area contributed by atoms with Crippen LogP contribution in [-0.2, 0) is 19.2 Å². The molecule has 0 saturated heterocycles. The first-order valence-electron chi connectivity index (χ1n) is 8.01. The number of hydrogen-bond donors (Lipinski definition) is 6.